The maximum absolute atomic E-state index is 6.11. The van der Waals surface area contributed by atoms with Crippen molar-refractivity contribution in [3.63, 3.8) is 0 Å². The van der Waals surface area contributed by atoms with Crippen LogP contribution in [-0.2, 0) is 5.41 Å². The molecule has 2 nitrogen and oxygen atoms in total. The van der Waals surface area contributed by atoms with E-state index in [1.54, 1.807) is 0 Å². The molecule has 0 saturated heterocycles. The first-order valence-electron chi connectivity index (χ1n) is 6.26. The molecule has 1 aromatic heterocycles. The number of hydrogen-bond acceptors (Lipinski definition) is 2. The van der Waals surface area contributed by atoms with E-state index in [0.717, 1.165) is 22.8 Å². The minimum Gasteiger partial charge on any atom is -0.455 e. The molecule has 0 bridgehead atoms. The van der Waals surface area contributed by atoms with Crippen molar-refractivity contribution in [3.8, 4) is 11.5 Å². The van der Waals surface area contributed by atoms with Gasteiger partial charge in [-0.05, 0) is 44.9 Å². The van der Waals surface area contributed by atoms with E-state index in [2.05, 4.69) is 50.9 Å². The molecule has 0 unspecified atom stereocenters. The highest BCUT2D eigenvalue weighted by atomic mass is 16.5. The zero-order valence-corrected chi connectivity index (χ0v) is 11.2. The Labute approximate surface area is 108 Å². The first-order chi connectivity index (χ1) is 8.51. The summed E-state index contributed by atoms with van der Waals surface area (Å²) in [7, 11) is 0. The van der Waals surface area contributed by atoms with E-state index in [0.29, 0.717) is 0 Å². The number of fused-ring (bicyclic) bond motifs is 2. The average molecular weight is 239 g/mol. The van der Waals surface area contributed by atoms with Crippen LogP contribution in [0.4, 0.5) is 0 Å². The number of ether oxygens (including phenoxy) is 1. The van der Waals surface area contributed by atoms with Crippen LogP contribution >= 0.6 is 0 Å². The summed E-state index contributed by atoms with van der Waals surface area (Å²) in [5, 5.41) is 0. The molecule has 1 aliphatic heterocycles. The van der Waals surface area contributed by atoms with Crippen LogP contribution in [-0.4, -0.2) is 4.98 Å². The zero-order valence-electron chi connectivity index (χ0n) is 11.2. The van der Waals surface area contributed by atoms with Crippen LogP contribution in [0.25, 0.3) is 0 Å². The standard InChI is InChI=1S/C16H17NO/c1-10-6-5-7-12-13(10)18-14-11(2)8-9-17-15(14)16(12,3)4/h5-9H,1-4H3. The lowest BCUT2D eigenvalue weighted by molar-refractivity contribution is 0.403. The van der Waals surface area contributed by atoms with Crippen LogP contribution in [0.3, 0.4) is 0 Å². The van der Waals surface area contributed by atoms with E-state index in [4.69, 9.17) is 4.74 Å². The van der Waals surface area contributed by atoms with Gasteiger partial charge in [-0.2, -0.15) is 0 Å². The second-order valence-electron chi connectivity index (χ2n) is 5.48. The molecule has 0 N–H and O–H groups in total. The fraction of sp³-hybridized carbons (Fsp3) is 0.312. The van der Waals surface area contributed by atoms with Crippen LogP contribution < -0.4 is 4.74 Å². The molecule has 3 rings (SSSR count). The number of para-hydroxylation sites is 1. The lowest BCUT2D eigenvalue weighted by atomic mass is 9.77. The number of aryl methyl sites for hydroxylation is 2. The third-order valence-corrected chi connectivity index (χ3v) is 3.78. The van der Waals surface area contributed by atoms with Crippen molar-refractivity contribution in [1.29, 1.82) is 0 Å². The van der Waals surface area contributed by atoms with Gasteiger partial charge in [0, 0.05) is 17.2 Å². The molecule has 0 saturated carbocycles. The van der Waals surface area contributed by atoms with Crippen LogP contribution in [0.2, 0.25) is 0 Å². The molecule has 0 aliphatic carbocycles. The highest BCUT2D eigenvalue weighted by Crippen LogP contribution is 2.48. The van der Waals surface area contributed by atoms with Gasteiger partial charge in [-0.3, -0.25) is 4.98 Å². The van der Waals surface area contributed by atoms with Gasteiger partial charge in [0.2, 0.25) is 0 Å². The molecule has 2 aromatic rings. The Morgan fingerprint density at radius 1 is 1.00 bits per heavy atom. The Morgan fingerprint density at radius 2 is 1.72 bits per heavy atom. The van der Waals surface area contributed by atoms with Crippen molar-refractivity contribution < 1.29 is 4.74 Å². The minimum atomic E-state index is -0.110. The summed E-state index contributed by atoms with van der Waals surface area (Å²) in [4.78, 5) is 4.54. The molecule has 0 fully saturated rings. The summed E-state index contributed by atoms with van der Waals surface area (Å²) in [5.41, 5.74) is 4.45. The summed E-state index contributed by atoms with van der Waals surface area (Å²) >= 11 is 0. The summed E-state index contributed by atoms with van der Waals surface area (Å²) in [5.74, 6) is 1.91. The molecule has 92 valence electrons. The molecule has 2 heteroatoms. The van der Waals surface area contributed by atoms with E-state index in [-0.39, 0.29) is 5.41 Å². The number of aromatic nitrogens is 1. The zero-order chi connectivity index (χ0) is 12.9. The van der Waals surface area contributed by atoms with E-state index >= 15 is 0 Å². The summed E-state index contributed by atoms with van der Waals surface area (Å²) in [6.45, 7) is 8.57. The van der Waals surface area contributed by atoms with Gasteiger partial charge in [-0.15, -0.1) is 0 Å². The largest absolute Gasteiger partial charge is 0.455 e. The monoisotopic (exact) mass is 239 g/mol. The van der Waals surface area contributed by atoms with Gasteiger partial charge in [0.05, 0.1) is 5.69 Å². The van der Waals surface area contributed by atoms with Crippen molar-refractivity contribution in [1.82, 2.24) is 4.98 Å². The number of pyridine rings is 1. The lowest BCUT2D eigenvalue weighted by Crippen LogP contribution is -2.26. The Balaban J connectivity index is 2.33. The number of hydrogen-bond donors (Lipinski definition) is 0. The van der Waals surface area contributed by atoms with Crippen LogP contribution in [0, 0.1) is 13.8 Å². The van der Waals surface area contributed by atoms with Crippen molar-refractivity contribution in [2.45, 2.75) is 33.1 Å². The summed E-state index contributed by atoms with van der Waals surface area (Å²) in [6.07, 6.45) is 1.86. The van der Waals surface area contributed by atoms with Gasteiger partial charge >= 0.3 is 0 Å². The fourth-order valence-corrected chi connectivity index (χ4v) is 2.63. The van der Waals surface area contributed by atoms with Gasteiger partial charge in [-0.1, -0.05) is 18.2 Å². The van der Waals surface area contributed by atoms with Crippen molar-refractivity contribution >= 4 is 0 Å². The molecule has 0 radical (unpaired) electrons. The highest BCUT2D eigenvalue weighted by Gasteiger charge is 2.36. The van der Waals surface area contributed by atoms with Crippen molar-refractivity contribution in [2.75, 3.05) is 0 Å². The lowest BCUT2D eigenvalue weighted by Gasteiger charge is -2.34. The summed E-state index contributed by atoms with van der Waals surface area (Å²) in [6, 6.07) is 8.30. The second-order valence-corrected chi connectivity index (χ2v) is 5.48. The van der Waals surface area contributed by atoms with Gasteiger partial charge in [0.15, 0.2) is 5.75 Å². The molecule has 1 aliphatic rings. The van der Waals surface area contributed by atoms with E-state index in [9.17, 15) is 0 Å². The van der Waals surface area contributed by atoms with Gasteiger partial charge < -0.3 is 4.74 Å². The molecule has 18 heavy (non-hydrogen) atoms. The normalized spacial score (nSPS) is 15.6. The maximum atomic E-state index is 6.11. The number of rotatable bonds is 0. The van der Waals surface area contributed by atoms with E-state index < -0.39 is 0 Å². The molecule has 2 heterocycles. The van der Waals surface area contributed by atoms with Crippen LogP contribution in [0.1, 0.15) is 36.2 Å². The van der Waals surface area contributed by atoms with Crippen LogP contribution in [0.5, 0.6) is 11.5 Å². The predicted molar refractivity (Wildman–Crippen MR) is 72.4 cm³/mol. The number of benzene rings is 1. The molecule has 1 aromatic carbocycles. The SMILES string of the molecule is Cc1cccc2c1Oc1c(C)ccnc1C2(C)C. The minimum absolute atomic E-state index is 0.110. The topological polar surface area (TPSA) is 22.1 Å². The Bertz CT molecular complexity index is 575. The van der Waals surface area contributed by atoms with Gasteiger partial charge in [0.25, 0.3) is 0 Å². The van der Waals surface area contributed by atoms with E-state index in [1.165, 1.54) is 11.1 Å². The number of nitrogens with zero attached hydrogens (tertiary/aromatic N) is 1. The second kappa shape index (κ2) is 3.58. The Morgan fingerprint density at radius 3 is 2.50 bits per heavy atom. The van der Waals surface area contributed by atoms with Gasteiger partial charge in [0.1, 0.15) is 5.75 Å². The molecule has 0 spiro atoms. The molecule has 0 amide bonds. The molecular formula is C16H17NO. The fourth-order valence-electron chi connectivity index (χ4n) is 2.63. The summed E-state index contributed by atoms with van der Waals surface area (Å²) < 4.78 is 6.11. The third-order valence-electron chi connectivity index (χ3n) is 3.78. The third kappa shape index (κ3) is 1.38. The Kier molecular flexibility index (Phi) is 2.24. The van der Waals surface area contributed by atoms with Crippen LogP contribution in [0.15, 0.2) is 30.5 Å². The Hall–Kier alpha value is -1.83. The molecular weight excluding hydrogens is 222 g/mol. The quantitative estimate of drug-likeness (QED) is 0.689. The van der Waals surface area contributed by atoms with Crippen molar-refractivity contribution in [2.24, 2.45) is 0 Å². The van der Waals surface area contributed by atoms with Crippen molar-refractivity contribution in [3.05, 3.63) is 52.8 Å². The highest BCUT2D eigenvalue weighted by molar-refractivity contribution is 5.58. The average Bonchev–Trinajstić information content (AvgIpc) is 2.32. The first kappa shape index (κ1) is 11.3. The predicted octanol–water partition coefficient (Wildman–Crippen LogP) is 4.13. The smallest absolute Gasteiger partial charge is 0.152 e. The molecule has 0 atom stereocenters. The van der Waals surface area contributed by atoms with E-state index in [1.807, 2.05) is 12.3 Å². The first-order valence-corrected chi connectivity index (χ1v) is 6.26. The maximum Gasteiger partial charge on any atom is 0.152 e. The van der Waals surface area contributed by atoms with Gasteiger partial charge in [-0.25, -0.2) is 0 Å².